The van der Waals surface area contributed by atoms with Gasteiger partial charge in [0.25, 0.3) is 11.5 Å². The highest BCUT2D eigenvalue weighted by atomic mass is 16.2. The molecule has 3 aromatic rings. The summed E-state index contributed by atoms with van der Waals surface area (Å²) in [5.74, 6) is -0.198. The third kappa shape index (κ3) is 4.13. The Balaban J connectivity index is 1.48. The van der Waals surface area contributed by atoms with E-state index in [4.69, 9.17) is 0 Å². The summed E-state index contributed by atoms with van der Waals surface area (Å²) in [6.07, 6.45) is 3.32. The minimum Gasteiger partial charge on any atom is -0.367 e. The van der Waals surface area contributed by atoms with E-state index < -0.39 is 5.69 Å². The van der Waals surface area contributed by atoms with Gasteiger partial charge in [-0.3, -0.25) is 19.1 Å². The number of piperazine rings is 1. The van der Waals surface area contributed by atoms with Crippen LogP contribution in [-0.4, -0.2) is 63.6 Å². The van der Waals surface area contributed by atoms with Crippen LogP contribution in [0.25, 0.3) is 11.0 Å². The SMILES string of the molecule is CNC(=O)c1ncccc1N1CCN(Cc2cnc3c(=O)n(C(C)C)c(=O)[nH]c3c2)CC1. The van der Waals surface area contributed by atoms with Crippen LogP contribution in [-0.2, 0) is 6.54 Å². The zero-order valence-corrected chi connectivity index (χ0v) is 18.5. The Kier molecular flexibility index (Phi) is 6.04. The number of nitrogens with one attached hydrogen (secondary N) is 2. The zero-order chi connectivity index (χ0) is 22.8. The fourth-order valence-corrected chi connectivity index (χ4v) is 4.06. The number of pyridine rings is 2. The molecule has 32 heavy (non-hydrogen) atoms. The van der Waals surface area contributed by atoms with Gasteiger partial charge in [-0.25, -0.2) is 14.8 Å². The summed E-state index contributed by atoms with van der Waals surface area (Å²) in [5, 5.41) is 2.64. The van der Waals surface area contributed by atoms with Crippen molar-refractivity contribution in [3.63, 3.8) is 0 Å². The van der Waals surface area contributed by atoms with Crippen molar-refractivity contribution in [2.75, 3.05) is 38.1 Å². The molecular formula is C22H27N7O3. The molecule has 10 heteroatoms. The number of rotatable bonds is 5. The predicted octanol–water partition coefficient (Wildman–Crippen LogP) is 0.743. The maximum absolute atomic E-state index is 12.6. The lowest BCUT2D eigenvalue weighted by atomic mass is 10.2. The van der Waals surface area contributed by atoms with E-state index in [9.17, 15) is 14.4 Å². The Hall–Kier alpha value is -3.53. The Bertz CT molecular complexity index is 1260. The Morgan fingerprint density at radius 3 is 2.62 bits per heavy atom. The highest BCUT2D eigenvalue weighted by Gasteiger charge is 2.22. The van der Waals surface area contributed by atoms with Crippen LogP contribution in [0.2, 0.25) is 0 Å². The number of nitrogens with zero attached hydrogens (tertiary/aromatic N) is 5. The highest BCUT2D eigenvalue weighted by molar-refractivity contribution is 5.97. The first-order chi connectivity index (χ1) is 15.4. The summed E-state index contributed by atoms with van der Waals surface area (Å²) in [7, 11) is 1.60. The standard InChI is InChI=1S/C22H27N7O3/c1-14(2)29-21(31)18-16(26-22(29)32)11-15(12-25-18)13-27-7-9-28(10-8-27)17-5-4-6-24-19(17)20(30)23-3/h4-6,11-12,14H,7-10,13H2,1-3H3,(H,23,30)(H,26,32). The molecule has 0 unspecified atom stereocenters. The van der Waals surface area contributed by atoms with Gasteiger partial charge in [0.05, 0.1) is 11.2 Å². The van der Waals surface area contributed by atoms with Gasteiger partial charge in [-0.2, -0.15) is 0 Å². The molecule has 0 bridgehead atoms. The molecule has 0 aliphatic carbocycles. The van der Waals surface area contributed by atoms with Gasteiger partial charge in [-0.1, -0.05) is 0 Å². The summed E-state index contributed by atoms with van der Waals surface area (Å²) < 4.78 is 1.18. The summed E-state index contributed by atoms with van der Waals surface area (Å²) >= 11 is 0. The first-order valence-corrected chi connectivity index (χ1v) is 10.7. The van der Waals surface area contributed by atoms with Gasteiger partial charge in [0, 0.05) is 58.2 Å². The number of amides is 1. The van der Waals surface area contributed by atoms with Gasteiger partial charge < -0.3 is 15.2 Å². The van der Waals surface area contributed by atoms with Gasteiger partial charge in [0.1, 0.15) is 0 Å². The molecule has 0 aromatic carbocycles. The van der Waals surface area contributed by atoms with Crippen LogP contribution in [0.1, 0.15) is 35.9 Å². The maximum atomic E-state index is 12.6. The molecule has 3 aromatic heterocycles. The van der Waals surface area contributed by atoms with E-state index in [0.717, 1.165) is 37.4 Å². The van der Waals surface area contributed by atoms with Crippen LogP contribution in [0, 0.1) is 0 Å². The third-order valence-electron chi connectivity index (χ3n) is 5.69. The van der Waals surface area contributed by atoms with Crippen LogP contribution in [0.4, 0.5) is 5.69 Å². The lowest BCUT2D eigenvalue weighted by Crippen LogP contribution is -2.46. The second kappa shape index (κ2) is 8.91. The molecule has 4 rings (SSSR count). The Morgan fingerprint density at radius 1 is 1.19 bits per heavy atom. The molecule has 1 amide bonds. The average molecular weight is 438 g/mol. The number of carbonyl (C=O) groups is 1. The normalized spacial score (nSPS) is 14.8. The van der Waals surface area contributed by atoms with Crippen LogP contribution in [0.15, 0.2) is 40.2 Å². The molecule has 2 N–H and O–H groups in total. The first kappa shape index (κ1) is 21.7. The fraction of sp³-hybridized carbons (Fsp3) is 0.409. The van der Waals surface area contributed by atoms with Gasteiger partial charge in [-0.15, -0.1) is 0 Å². The minimum absolute atomic E-state index is 0.198. The van der Waals surface area contributed by atoms with E-state index in [0.29, 0.717) is 17.8 Å². The lowest BCUT2D eigenvalue weighted by molar-refractivity contribution is 0.0958. The Labute approximate surface area is 184 Å². The smallest absolute Gasteiger partial charge is 0.329 e. The summed E-state index contributed by atoms with van der Waals surface area (Å²) in [5.41, 5.74) is 2.12. The van der Waals surface area contributed by atoms with Crippen LogP contribution in [0.3, 0.4) is 0 Å². The second-order valence-electron chi connectivity index (χ2n) is 8.15. The van der Waals surface area contributed by atoms with Gasteiger partial charge >= 0.3 is 5.69 Å². The summed E-state index contributed by atoms with van der Waals surface area (Å²) in [4.78, 5) is 52.8. The van der Waals surface area contributed by atoms with E-state index in [-0.39, 0.29) is 23.0 Å². The van der Waals surface area contributed by atoms with Gasteiger partial charge in [0.2, 0.25) is 0 Å². The zero-order valence-electron chi connectivity index (χ0n) is 18.5. The summed E-state index contributed by atoms with van der Waals surface area (Å²) in [6.45, 7) is 7.34. The first-order valence-electron chi connectivity index (χ1n) is 10.7. The molecule has 0 spiro atoms. The van der Waals surface area contributed by atoms with E-state index in [1.165, 1.54) is 4.57 Å². The maximum Gasteiger partial charge on any atom is 0.329 e. The number of hydrogen-bond acceptors (Lipinski definition) is 7. The van der Waals surface area contributed by atoms with Gasteiger partial charge in [0.15, 0.2) is 11.2 Å². The number of carbonyl (C=O) groups excluding carboxylic acids is 1. The van der Waals surface area contributed by atoms with Crippen LogP contribution >= 0.6 is 0 Å². The van der Waals surface area contributed by atoms with Crippen molar-refractivity contribution in [2.45, 2.75) is 26.4 Å². The largest absolute Gasteiger partial charge is 0.367 e. The molecule has 1 saturated heterocycles. The number of hydrogen-bond donors (Lipinski definition) is 2. The minimum atomic E-state index is -0.423. The number of fused-ring (bicyclic) bond motifs is 1. The average Bonchev–Trinajstić information content (AvgIpc) is 2.78. The third-order valence-corrected chi connectivity index (χ3v) is 5.69. The molecule has 0 saturated carbocycles. The van der Waals surface area contributed by atoms with Crippen LogP contribution in [0.5, 0.6) is 0 Å². The van der Waals surface area contributed by atoms with Crippen molar-refractivity contribution < 1.29 is 4.79 Å². The monoisotopic (exact) mass is 437 g/mol. The predicted molar refractivity (Wildman–Crippen MR) is 122 cm³/mol. The van der Waals surface area contributed by atoms with Crippen molar-refractivity contribution in [1.29, 1.82) is 0 Å². The molecule has 0 radical (unpaired) electrons. The molecule has 1 fully saturated rings. The van der Waals surface area contributed by atoms with E-state index in [1.54, 1.807) is 33.3 Å². The molecule has 168 valence electrons. The fourth-order valence-electron chi connectivity index (χ4n) is 4.06. The quantitative estimate of drug-likeness (QED) is 0.605. The van der Waals surface area contributed by atoms with Crippen molar-refractivity contribution in [1.82, 2.24) is 29.7 Å². The molecule has 4 heterocycles. The molecule has 10 nitrogen and oxygen atoms in total. The summed E-state index contributed by atoms with van der Waals surface area (Å²) in [6, 6.07) is 5.34. The topological polar surface area (TPSA) is 116 Å². The van der Waals surface area contributed by atoms with E-state index in [1.807, 2.05) is 18.2 Å². The number of aromatic amines is 1. The number of anilines is 1. The van der Waals surface area contributed by atoms with Crippen molar-refractivity contribution >= 4 is 22.6 Å². The number of H-pyrrole nitrogens is 1. The van der Waals surface area contributed by atoms with Crippen LogP contribution < -0.4 is 21.5 Å². The van der Waals surface area contributed by atoms with Crippen molar-refractivity contribution in [3.8, 4) is 0 Å². The molecule has 1 aliphatic rings. The Morgan fingerprint density at radius 2 is 1.94 bits per heavy atom. The van der Waals surface area contributed by atoms with E-state index in [2.05, 4.69) is 30.1 Å². The molecule has 0 atom stereocenters. The lowest BCUT2D eigenvalue weighted by Gasteiger charge is -2.36. The highest BCUT2D eigenvalue weighted by Crippen LogP contribution is 2.21. The van der Waals surface area contributed by atoms with Crippen molar-refractivity contribution in [3.05, 3.63) is 62.7 Å². The molecule has 1 aliphatic heterocycles. The van der Waals surface area contributed by atoms with E-state index >= 15 is 0 Å². The molecular weight excluding hydrogens is 410 g/mol. The van der Waals surface area contributed by atoms with Crippen molar-refractivity contribution in [2.24, 2.45) is 0 Å². The second-order valence-corrected chi connectivity index (χ2v) is 8.15. The number of aromatic nitrogens is 4. The van der Waals surface area contributed by atoms with Gasteiger partial charge in [-0.05, 0) is 37.6 Å².